The molecule has 3 aromatic carbocycles. The number of hydrogen-bond acceptors (Lipinski definition) is 8. The molecule has 0 aliphatic heterocycles. The number of halogens is 1. The minimum absolute atomic E-state index is 0.312. The second-order valence-corrected chi connectivity index (χ2v) is 11.4. The van der Waals surface area contributed by atoms with E-state index in [2.05, 4.69) is 26.6 Å². The number of benzene rings is 3. The number of carbonyl (C=O) groups excluding carboxylic acids is 3. The van der Waals surface area contributed by atoms with Crippen LogP contribution in [0, 0.1) is 11.8 Å². The molecule has 44 heavy (non-hydrogen) atoms. The number of ether oxygens (including phenoxy) is 4. The Kier molecular flexibility index (Phi) is 10.5. The highest BCUT2D eigenvalue weighted by molar-refractivity contribution is 9.10. The Morgan fingerprint density at radius 2 is 1.43 bits per heavy atom. The lowest BCUT2D eigenvalue weighted by atomic mass is 9.61. The molecule has 234 valence electrons. The molecule has 4 atom stereocenters. The van der Waals surface area contributed by atoms with Crippen molar-refractivity contribution < 1.29 is 38.4 Å². The van der Waals surface area contributed by atoms with Crippen molar-refractivity contribution in [1.82, 2.24) is 0 Å². The number of methoxy groups -OCH3 is 2. The first-order valence-electron chi connectivity index (χ1n) is 14.3. The zero-order chi connectivity index (χ0) is 32.0. The van der Waals surface area contributed by atoms with Crippen LogP contribution in [0.1, 0.15) is 38.7 Å². The molecule has 1 saturated carbocycles. The molecule has 0 bridgehead atoms. The maximum Gasteiger partial charge on any atom is 0.235 e. The van der Waals surface area contributed by atoms with Gasteiger partial charge in [-0.25, -0.2) is 0 Å². The summed E-state index contributed by atoms with van der Waals surface area (Å²) in [5.41, 5.74) is -0.644. The predicted octanol–water partition coefficient (Wildman–Crippen LogP) is 5.58. The quantitative estimate of drug-likeness (QED) is 0.226. The van der Waals surface area contributed by atoms with E-state index < -0.39 is 47.4 Å². The van der Waals surface area contributed by atoms with Gasteiger partial charge >= 0.3 is 0 Å². The number of nitrogens with one attached hydrogen (secondary N) is 2. The second-order valence-electron chi connectivity index (χ2n) is 10.6. The minimum Gasteiger partial charge on any atom is -0.495 e. The van der Waals surface area contributed by atoms with Gasteiger partial charge in [0, 0.05) is 12.3 Å². The molecule has 2 amide bonds. The number of ketones is 1. The number of rotatable bonds is 11. The highest BCUT2D eigenvalue weighted by atomic mass is 79.9. The first kappa shape index (κ1) is 32.8. The molecule has 11 heteroatoms. The predicted molar refractivity (Wildman–Crippen MR) is 170 cm³/mol. The van der Waals surface area contributed by atoms with E-state index in [1.165, 1.54) is 21.1 Å². The molecule has 0 heterocycles. The number of aliphatic hydroxyl groups is 1. The van der Waals surface area contributed by atoms with E-state index >= 15 is 0 Å². The first-order valence-corrected chi connectivity index (χ1v) is 15.1. The number of carbonyl (C=O) groups is 3. The lowest BCUT2D eigenvalue weighted by molar-refractivity contribution is -0.150. The van der Waals surface area contributed by atoms with E-state index in [1.54, 1.807) is 60.7 Å². The molecule has 1 fully saturated rings. The van der Waals surface area contributed by atoms with Crippen LogP contribution in [0.2, 0.25) is 0 Å². The van der Waals surface area contributed by atoms with E-state index in [0.29, 0.717) is 57.6 Å². The van der Waals surface area contributed by atoms with Gasteiger partial charge in [0.1, 0.15) is 23.2 Å². The lowest BCUT2D eigenvalue weighted by Crippen LogP contribution is -2.56. The van der Waals surface area contributed by atoms with Crippen molar-refractivity contribution in [2.75, 3.05) is 38.1 Å². The molecular formula is C33H37BrN2O8. The van der Waals surface area contributed by atoms with Gasteiger partial charge in [-0.2, -0.15) is 0 Å². The number of para-hydroxylation sites is 4. The van der Waals surface area contributed by atoms with E-state index in [9.17, 15) is 19.5 Å². The Morgan fingerprint density at radius 3 is 1.98 bits per heavy atom. The average Bonchev–Trinajstić information content (AvgIpc) is 2.98. The molecule has 0 aromatic heterocycles. The Balaban J connectivity index is 1.89. The summed E-state index contributed by atoms with van der Waals surface area (Å²) in [4.78, 5) is 42.0. The fourth-order valence-corrected chi connectivity index (χ4v) is 6.31. The molecule has 3 N–H and O–H groups in total. The topological polar surface area (TPSA) is 132 Å². The Bertz CT molecular complexity index is 1530. The van der Waals surface area contributed by atoms with Gasteiger partial charge in [0.15, 0.2) is 11.5 Å². The van der Waals surface area contributed by atoms with Crippen molar-refractivity contribution in [3.8, 4) is 23.0 Å². The van der Waals surface area contributed by atoms with Crippen molar-refractivity contribution in [2.45, 2.75) is 38.7 Å². The summed E-state index contributed by atoms with van der Waals surface area (Å²) in [6.07, 6.45) is -0.423. The molecule has 0 radical (unpaired) electrons. The number of hydrogen-bond donors (Lipinski definition) is 3. The van der Waals surface area contributed by atoms with E-state index in [-0.39, 0.29) is 0 Å². The van der Waals surface area contributed by atoms with Gasteiger partial charge in [-0.3, -0.25) is 14.4 Å². The van der Waals surface area contributed by atoms with Crippen LogP contribution in [0.4, 0.5) is 11.4 Å². The smallest absolute Gasteiger partial charge is 0.235 e. The SMILES string of the molecule is CCOc1cc(C2C(C(=O)Nc3ccccc3OC)C(=O)CC(C)(O)C2C(=O)Nc2ccccc2OC)cc(Br)c1OCC. The Labute approximate surface area is 265 Å². The maximum atomic E-state index is 14.2. The third-order valence-corrected chi connectivity index (χ3v) is 8.16. The van der Waals surface area contributed by atoms with E-state index in [4.69, 9.17) is 18.9 Å². The Hall–Kier alpha value is -4.09. The van der Waals surface area contributed by atoms with Gasteiger partial charge in [0.2, 0.25) is 11.8 Å². The highest BCUT2D eigenvalue weighted by Crippen LogP contribution is 2.50. The lowest BCUT2D eigenvalue weighted by Gasteiger charge is -2.44. The third-order valence-electron chi connectivity index (χ3n) is 7.57. The minimum atomic E-state index is -1.81. The molecule has 1 aliphatic carbocycles. The molecule has 0 saturated heterocycles. The summed E-state index contributed by atoms with van der Waals surface area (Å²) >= 11 is 3.55. The normalized spacial score (nSPS) is 21.2. The van der Waals surface area contributed by atoms with Gasteiger partial charge in [-0.15, -0.1) is 0 Å². The van der Waals surface area contributed by atoms with Crippen molar-refractivity contribution >= 4 is 44.9 Å². The molecule has 10 nitrogen and oxygen atoms in total. The summed E-state index contributed by atoms with van der Waals surface area (Å²) in [5, 5.41) is 17.4. The second kappa shape index (κ2) is 14.1. The monoisotopic (exact) mass is 668 g/mol. The molecule has 4 rings (SSSR count). The zero-order valence-electron chi connectivity index (χ0n) is 25.3. The summed E-state index contributed by atoms with van der Waals surface area (Å²) in [6, 6.07) is 17.0. The maximum absolute atomic E-state index is 14.2. The fraction of sp³-hybridized carbons (Fsp3) is 0.364. The highest BCUT2D eigenvalue weighted by Gasteiger charge is 2.56. The summed E-state index contributed by atoms with van der Waals surface area (Å²) in [5.74, 6) is -3.84. The van der Waals surface area contributed by atoms with Crippen LogP contribution in [0.3, 0.4) is 0 Å². The van der Waals surface area contributed by atoms with Gasteiger partial charge in [0.05, 0.1) is 54.8 Å². The number of amides is 2. The number of Topliss-reactive ketones (excluding diaryl/α,β-unsaturated/α-hetero) is 1. The molecule has 3 aromatic rings. The first-order chi connectivity index (χ1) is 21.1. The van der Waals surface area contributed by atoms with Crippen molar-refractivity contribution in [3.05, 3.63) is 70.7 Å². The van der Waals surface area contributed by atoms with Crippen LogP contribution in [0.15, 0.2) is 65.1 Å². The van der Waals surface area contributed by atoms with Crippen LogP contribution in [0.5, 0.6) is 23.0 Å². The van der Waals surface area contributed by atoms with Crippen LogP contribution in [-0.2, 0) is 14.4 Å². The van der Waals surface area contributed by atoms with Crippen LogP contribution in [0.25, 0.3) is 0 Å². The fourth-order valence-electron chi connectivity index (χ4n) is 5.74. The van der Waals surface area contributed by atoms with Gasteiger partial charge in [0.25, 0.3) is 0 Å². The largest absolute Gasteiger partial charge is 0.495 e. The molecular weight excluding hydrogens is 632 g/mol. The molecule has 1 aliphatic rings. The third kappa shape index (κ3) is 6.84. The van der Waals surface area contributed by atoms with Crippen LogP contribution < -0.4 is 29.6 Å². The molecule has 4 unspecified atom stereocenters. The van der Waals surface area contributed by atoms with Crippen LogP contribution in [-0.4, -0.2) is 55.7 Å². The van der Waals surface area contributed by atoms with E-state index in [1.807, 2.05) is 13.8 Å². The summed E-state index contributed by atoms with van der Waals surface area (Å²) in [6.45, 7) is 5.77. The standard InChI is InChI=1S/C33H37BrN2O8/c1-6-43-26-17-19(16-20(34)30(26)44-7-2)27-28(31(38)35-21-12-8-10-14-24(21)41-4)23(37)18-33(3,40)29(27)32(39)36-22-13-9-11-15-25(22)42-5/h8-17,27-29,40H,6-7,18H2,1-5H3,(H,35,38)(H,36,39). The molecule has 0 spiro atoms. The van der Waals surface area contributed by atoms with Gasteiger partial charge in [-0.05, 0) is 78.7 Å². The zero-order valence-corrected chi connectivity index (χ0v) is 26.9. The van der Waals surface area contributed by atoms with Crippen molar-refractivity contribution in [3.63, 3.8) is 0 Å². The average molecular weight is 670 g/mol. The summed E-state index contributed by atoms with van der Waals surface area (Å²) < 4.78 is 23.0. The van der Waals surface area contributed by atoms with E-state index in [0.717, 1.165) is 0 Å². The number of anilines is 2. The van der Waals surface area contributed by atoms with Crippen molar-refractivity contribution in [2.24, 2.45) is 11.8 Å². The van der Waals surface area contributed by atoms with Gasteiger partial charge < -0.3 is 34.7 Å². The van der Waals surface area contributed by atoms with Crippen molar-refractivity contribution in [1.29, 1.82) is 0 Å². The van der Waals surface area contributed by atoms with Gasteiger partial charge in [-0.1, -0.05) is 24.3 Å². The van der Waals surface area contributed by atoms with Crippen LogP contribution >= 0.6 is 15.9 Å². The summed E-state index contributed by atoms with van der Waals surface area (Å²) in [7, 11) is 2.95. The Morgan fingerprint density at radius 1 is 0.886 bits per heavy atom.